The standard InChI is InChI=1S/C10H12.C2H6/c1-2-5-9-7-4-8-10(9)6-3-1;1-2/h1-3,5H,4,6-8H2;1-2H3. The zero-order valence-corrected chi connectivity index (χ0v) is 8.14. The zero-order valence-electron chi connectivity index (χ0n) is 8.14. The zero-order chi connectivity index (χ0) is 8.81. The second-order valence-corrected chi connectivity index (χ2v) is 2.97. The summed E-state index contributed by atoms with van der Waals surface area (Å²) in [6.07, 6.45) is 14.1. The van der Waals surface area contributed by atoms with Crippen molar-refractivity contribution in [2.45, 2.75) is 39.5 Å². The summed E-state index contributed by atoms with van der Waals surface area (Å²) in [6, 6.07) is 0. The average molecular weight is 162 g/mol. The molecule has 66 valence electrons. The Balaban J connectivity index is 0.000000336. The van der Waals surface area contributed by atoms with Gasteiger partial charge in [-0.25, -0.2) is 0 Å². The quantitative estimate of drug-likeness (QED) is 0.505. The lowest BCUT2D eigenvalue weighted by Crippen LogP contribution is -1.75. The van der Waals surface area contributed by atoms with Crippen molar-refractivity contribution in [3.05, 3.63) is 35.5 Å². The van der Waals surface area contributed by atoms with E-state index in [0.717, 1.165) is 0 Å². The molecule has 0 aliphatic heterocycles. The number of hydrogen-bond acceptors (Lipinski definition) is 0. The van der Waals surface area contributed by atoms with Crippen LogP contribution in [-0.2, 0) is 0 Å². The third-order valence-corrected chi connectivity index (χ3v) is 2.29. The van der Waals surface area contributed by atoms with Gasteiger partial charge in [0, 0.05) is 0 Å². The maximum Gasteiger partial charge on any atom is -0.0130 e. The van der Waals surface area contributed by atoms with Crippen molar-refractivity contribution >= 4 is 0 Å². The predicted molar refractivity (Wildman–Crippen MR) is 55.1 cm³/mol. The van der Waals surface area contributed by atoms with Crippen LogP contribution in [-0.4, -0.2) is 0 Å². The molecule has 0 heterocycles. The van der Waals surface area contributed by atoms with E-state index in [-0.39, 0.29) is 0 Å². The second-order valence-electron chi connectivity index (χ2n) is 2.97. The molecule has 0 spiro atoms. The van der Waals surface area contributed by atoms with Crippen LogP contribution in [0.5, 0.6) is 0 Å². The van der Waals surface area contributed by atoms with Crippen LogP contribution in [0.2, 0.25) is 0 Å². The average Bonchev–Trinajstić information content (AvgIpc) is 2.46. The lowest BCUT2D eigenvalue weighted by atomic mass is 10.1. The summed E-state index contributed by atoms with van der Waals surface area (Å²) < 4.78 is 0. The first-order chi connectivity index (χ1) is 5.97. The highest BCUT2D eigenvalue weighted by molar-refractivity contribution is 5.35. The van der Waals surface area contributed by atoms with Gasteiger partial charge in [-0.2, -0.15) is 0 Å². The Morgan fingerprint density at radius 3 is 2.75 bits per heavy atom. The monoisotopic (exact) mass is 162 g/mol. The molecule has 0 aromatic carbocycles. The molecule has 0 nitrogen and oxygen atoms in total. The van der Waals surface area contributed by atoms with Gasteiger partial charge < -0.3 is 0 Å². The smallest absolute Gasteiger partial charge is 0.0130 e. The highest BCUT2D eigenvalue weighted by atomic mass is 14.2. The van der Waals surface area contributed by atoms with E-state index in [1.807, 2.05) is 13.8 Å². The number of rotatable bonds is 0. The Bertz CT molecular complexity index is 216. The fourth-order valence-corrected chi connectivity index (χ4v) is 1.72. The van der Waals surface area contributed by atoms with Crippen molar-refractivity contribution < 1.29 is 0 Å². The molecule has 0 saturated carbocycles. The summed E-state index contributed by atoms with van der Waals surface area (Å²) in [5.41, 5.74) is 3.27. The summed E-state index contributed by atoms with van der Waals surface area (Å²) in [4.78, 5) is 0. The highest BCUT2D eigenvalue weighted by Gasteiger charge is 2.10. The Labute approximate surface area is 75.7 Å². The van der Waals surface area contributed by atoms with Crippen LogP contribution in [0.4, 0.5) is 0 Å². The van der Waals surface area contributed by atoms with E-state index in [2.05, 4.69) is 24.3 Å². The van der Waals surface area contributed by atoms with Gasteiger partial charge in [0.05, 0.1) is 0 Å². The van der Waals surface area contributed by atoms with E-state index < -0.39 is 0 Å². The predicted octanol–water partition coefficient (Wildman–Crippen LogP) is 4.01. The third kappa shape index (κ3) is 2.10. The fraction of sp³-hybridized carbons (Fsp3) is 0.500. The molecule has 0 bridgehead atoms. The number of hydrogen-bond donors (Lipinski definition) is 0. The molecule has 0 aromatic heterocycles. The Morgan fingerprint density at radius 2 is 1.92 bits per heavy atom. The first-order valence-electron chi connectivity index (χ1n) is 5.01. The van der Waals surface area contributed by atoms with E-state index in [1.54, 1.807) is 11.1 Å². The van der Waals surface area contributed by atoms with Crippen molar-refractivity contribution in [1.29, 1.82) is 0 Å². The molecule has 0 amide bonds. The van der Waals surface area contributed by atoms with Crippen molar-refractivity contribution in [3.8, 4) is 0 Å². The summed E-state index contributed by atoms with van der Waals surface area (Å²) in [7, 11) is 0. The van der Waals surface area contributed by atoms with Gasteiger partial charge in [0.2, 0.25) is 0 Å². The molecule has 0 N–H and O–H groups in total. The normalized spacial score (nSPS) is 19.8. The van der Waals surface area contributed by atoms with Crippen LogP contribution < -0.4 is 0 Å². The van der Waals surface area contributed by atoms with Crippen LogP contribution in [0.15, 0.2) is 35.5 Å². The molecule has 0 radical (unpaired) electrons. The van der Waals surface area contributed by atoms with Gasteiger partial charge in [-0.1, -0.05) is 43.7 Å². The largest absolute Gasteiger partial charge is 0.0805 e. The molecular formula is C12H18. The Hall–Kier alpha value is -0.780. The first-order valence-corrected chi connectivity index (χ1v) is 5.01. The molecule has 2 rings (SSSR count). The lowest BCUT2D eigenvalue weighted by Gasteiger charge is -1.95. The lowest BCUT2D eigenvalue weighted by molar-refractivity contribution is 0.887. The van der Waals surface area contributed by atoms with Gasteiger partial charge in [0.25, 0.3) is 0 Å². The summed E-state index contributed by atoms with van der Waals surface area (Å²) in [6.45, 7) is 4.00. The molecular weight excluding hydrogens is 144 g/mol. The van der Waals surface area contributed by atoms with Crippen LogP contribution in [0.1, 0.15) is 39.5 Å². The van der Waals surface area contributed by atoms with Crippen molar-refractivity contribution in [2.24, 2.45) is 0 Å². The molecule has 0 fully saturated rings. The number of allylic oxidation sites excluding steroid dienone is 6. The summed E-state index contributed by atoms with van der Waals surface area (Å²) in [5, 5.41) is 0. The van der Waals surface area contributed by atoms with E-state index in [0.29, 0.717) is 0 Å². The van der Waals surface area contributed by atoms with Crippen LogP contribution in [0, 0.1) is 0 Å². The summed E-state index contributed by atoms with van der Waals surface area (Å²) in [5.74, 6) is 0. The molecule has 0 heteroatoms. The maximum absolute atomic E-state index is 2.27. The minimum Gasteiger partial charge on any atom is -0.0805 e. The van der Waals surface area contributed by atoms with Crippen LogP contribution in [0.3, 0.4) is 0 Å². The molecule has 2 aliphatic rings. The van der Waals surface area contributed by atoms with Crippen LogP contribution in [0.25, 0.3) is 0 Å². The molecule has 0 atom stereocenters. The van der Waals surface area contributed by atoms with E-state index in [4.69, 9.17) is 0 Å². The van der Waals surface area contributed by atoms with Gasteiger partial charge >= 0.3 is 0 Å². The van der Waals surface area contributed by atoms with Gasteiger partial charge in [0.1, 0.15) is 0 Å². The molecule has 0 aromatic rings. The van der Waals surface area contributed by atoms with Crippen molar-refractivity contribution in [1.82, 2.24) is 0 Å². The van der Waals surface area contributed by atoms with Crippen LogP contribution >= 0.6 is 0 Å². The molecule has 0 saturated heterocycles. The SMILES string of the molecule is C1=CCC2=C(C=C1)CCC2.CC. The maximum atomic E-state index is 2.27. The van der Waals surface area contributed by atoms with Crippen molar-refractivity contribution in [3.63, 3.8) is 0 Å². The third-order valence-electron chi connectivity index (χ3n) is 2.29. The van der Waals surface area contributed by atoms with Gasteiger partial charge in [-0.05, 0) is 31.3 Å². The van der Waals surface area contributed by atoms with E-state index >= 15 is 0 Å². The van der Waals surface area contributed by atoms with Gasteiger partial charge in [-0.15, -0.1) is 0 Å². The Kier molecular flexibility index (Phi) is 3.86. The van der Waals surface area contributed by atoms with E-state index in [9.17, 15) is 0 Å². The highest BCUT2D eigenvalue weighted by Crippen LogP contribution is 2.30. The van der Waals surface area contributed by atoms with Gasteiger partial charge in [-0.3, -0.25) is 0 Å². The van der Waals surface area contributed by atoms with E-state index in [1.165, 1.54) is 25.7 Å². The summed E-state index contributed by atoms with van der Waals surface area (Å²) >= 11 is 0. The Morgan fingerprint density at radius 1 is 1.08 bits per heavy atom. The fourth-order valence-electron chi connectivity index (χ4n) is 1.72. The topological polar surface area (TPSA) is 0 Å². The van der Waals surface area contributed by atoms with Crippen molar-refractivity contribution in [2.75, 3.05) is 0 Å². The van der Waals surface area contributed by atoms with Gasteiger partial charge in [0.15, 0.2) is 0 Å². The minimum atomic E-state index is 1.20. The molecule has 2 aliphatic carbocycles. The second kappa shape index (κ2) is 4.97. The minimum absolute atomic E-state index is 1.20. The first kappa shape index (κ1) is 9.31. The molecule has 0 unspecified atom stereocenters. The molecule has 12 heavy (non-hydrogen) atoms.